The van der Waals surface area contributed by atoms with E-state index in [1.165, 1.54) is 6.20 Å². The van der Waals surface area contributed by atoms with Crippen LogP contribution >= 0.6 is 0 Å². The molecule has 92 valence electrons. The van der Waals surface area contributed by atoms with Gasteiger partial charge < -0.3 is 9.88 Å². The number of H-pyrrole nitrogens is 1. The molecule has 0 fully saturated rings. The van der Waals surface area contributed by atoms with E-state index < -0.39 is 10.0 Å². The van der Waals surface area contributed by atoms with Gasteiger partial charge in [0.05, 0.1) is 6.20 Å². The van der Waals surface area contributed by atoms with Gasteiger partial charge in [-0.25, -0.2) is 18.1 Å². The third-order valence-electron chi connectivity index (χ3n) is 2.04. The fourth-order valence-corrected chi connectivity index (χ4v) is 2.26. The van der Waals surface area contributed by atoms with Gasteiger partial charge in [-0.15, -0.1) is 0 Å². The van der Waals surface area contributed by atoms with E-state index in [0.29, 0.717) is 12.4 Å². The normalized spacial score (nSPS) is 12.2. The molecule has 1 aromatic rings. The van der Waals surface area contributed by atoms with Gasteiger partial charge in [-0.2, -0.15) is 0 Å². The molecular weight excluding hydrogens is 228 g/mol. The lowest BCUT2D eigenvalue weighted by molar-refractivity contribution is 0.400. The van der Waals surface area contributed by atoms with Crippen molar-refractivity contribution in [2.45, 2.75) is 18.4 Å². The lowest BCUT2D eigenvalue weighted by Crippen LogP contribution is -2.27. The Morgan fingerprint density at radius 3 is 2.69 bits per heavy atom. The summed E-state index contributed by atoms with van der Waals surface area (Å²) in [4.78, 5) is 8.56. The van der Waals surface area contributed by atoms with Crippen molar-refractivity contribution in [2.75, 3.05) is 27.2 Å². The van der Waals surface area contributed by atoms with Gasteiger partial charge in [0.2, 0.25) is 0 Å². The second-order valence-electron chi connectivity index (χ2n) is 3.89. The van der Waals surface area contributed by atoms with E-state index in [2.05, 4.69) is 14.7 Å². The van der Waals surface area contributed by atoms with Crippen LogP contribution in [-0.4, -0.2) is 50.5 Å². The Kier molecular flexibility index (Phi) is 4.45. The molecule has 6 nitrogen and oxygen atoms in total. The molecule has 2 N–H and O–H groups in total. The molecule has 0 aliphatic carbocycles. The second-order valence-corrected chi connectivity index (χ2v) is 5.62. The minimum Gasteiger partial charge on any atom is -0.332 e. The van der Waals surface area contributed by atoms with Gasteiger partial charge in [-0.1, -0.05) is 0 Å². The Labute approximate surface area is 96.1 Å². The number of sulfonamides is 1. The number of hydrogen-bond acceptors (Lipinski definition) is 4. The average molecular weight is 246 g/mol. The summed E-state index contributed by atoms with van der Waals surface area (Å²) in [6.45, 7) is 2.99. The van der Waals surface area contributed by atoms with Crippen LogP contribution in [0.15, 0.2) is 11.2 Å². The molecule has 0 spiro atoms. The van der Waals surface area contributed by atoms with Crippen LogP contribution in [0.25, 0.3) is 0 Å². The smallest absolute Gasteiger partial charge is 0.257 e. The second kappa shape index (κ2) is 5.42. The molecule has 0 aliphatic rings. The molecule has 16 heavy (non-hydrogen) atoms. The van der Waals surface area contributed by atoms with Crippen molar-refractivity contribution in [3.05, 3.63) is 12.0 Å². The summed E-state index contributed by atoms with van der Waals surface area (Å²) in [7, 11) is 0.478. The van der Waals surface area contributed by atoms with Gasteiger partial charge >= 0.3 is 0 Å². The Bertz CT molecular complexity index is 424. The minimum absolute atomic E-state index is 0.120. The summed E-state index contributed by atoms with van der Waals surface area (Å²) >= 11 is 0. The van der Waals surface area contributed by atoms with Crippen molar-refractivity contribution in [1.82, 2.24) is 19.6 Å². The summed E-state index contributed by atoms with van der Waals surface area (Å²) in [5.41, 5.74) is 0. The van der Waals surface area contributed by atoms with Crippen LogP contribution in [0.2, 0.25) is 0 Å². The molecule has 1 heterocycles. The largest absolute Gasteiger partial charge is 0.332 e. The zero-order valence-corrected chi connectivity index (χ0v) is 10.6. The lowest BCUT2D eigenvalue weighted by Gasteiger charge is -2.09. The maximum absolute atomic E-state index is 11.7. The van der Waals surface area contributed by atoms with Gasteiger partial charge in [0.1, 0.15) is 5.82 Å². The molecule has 0 saturated heterocycles. The fraction of sp³-hybridized carbons (Fsp3) is 0.667. The van der Waals surface area contributed by atoms with E-state index in [1.54, 1.807) is 6.92 Å². The van der Waals surface area contributed by atoms with E-state index in [9.17, 15) is 8.42 Å². The van der Waals surface area contributed by atoms with Crippen molar-refractivity contribution in [2.24, 2.45) is 0 Å². The summed E-state index contributed by atoms with van der Waals surface area (Å²) in [6, 6.07) is 0. The zero-order valence-electron chi connectivity index (χ0n) is 9.82. The average Bonchev–Trinajstić information content (AvgIpc) is 2.60. The molecule has 1 aromatic heterocycles. The summed E-state index contributed by atoms with van der Waals surface area (Å²) in [6.07, 6.45) is 2.10. The topological polar surface area (TPSA) is 78.1 Å². The molecule has 0 aliphatic heterocycles. The SMILES string of the molecule is Cc1ncc(S(=O)(=O)NCCCN(C)C)[nH]1. The summed E-state index contributed by atoms with van der Waals surface area (Å²) < 4.78 is 25.9. The molecule has 0 amide bonds. The maximum atomic E-state index is 11.7. The summed E-state index contributed by atoms with van der Waals surface area (Å²) in [5.74, 6) is 0.591. The zero-order chi connectivity index (χ0) is 12.2. The molecule has 0 bridgehead atoms. The third kappa shape index (κ3) is 3.92. The van der Waals surface area contributed by atoms with Crippen LogP contribution < -0.4 is 4.72 Å². The first kappa shape index (κ1) is 13.1. The number of aromatic amines is 1. The van der Waals surface area contributed by atoms with Crippen molar-refractivity contribution in [1.29, 1.82) is 0 Å². The van der Waals surface area contributed by atoms with E-state index in [0.717, 1.165) is 13.0 Å². The van der Waals surface area contributed by atoms with Gasteiger partial charge in [0.25, 0.3) is 10.0 Å². The third-order valence-corrected chi connectivity index (χ3v) is 3.41. The number of hydrogen-bond donors (Lipinski definition) is 2. The molecule has 7 heteroatoms. The minimum atomic E-state index is -3.42. The van der Waals surface area contributed by atoms with Gasteiger partial charge in [-0.05, 0) is 34.0 Å². The molecule has 0 radical (unpaired) electrons. The number of aryl methyl sites for hydroxylation is 1. The van der Waals surface area contributed by atoms with Crippen molar-refractivity contribution in [3.8, 4) is 0 Å². The van der Waals surface area contributed by atoms with Crippen LogP contribution in [0.1, 0.15) is 12.2 Å². The molecule has 0 saturated carbocycles. The first-order valence-electron chi connectivity index (χ1n) is 5.08. The number of nitrogens with zero attached hydrogens (tertiary/aromatic N) is 2. The maximum Gasteiger partial charge on any atom is 0.257 e. The highest BCUT2D eigenvalue weighted by Gasteiger charge is 2.15. The Balaban J connectivity index is 2.47. The quantitative estimate of drug-likeness (QED) is 0.690. The number of aromatic nitrogens is 2. The van der Waals surface area contributed by atoms with Crippen LogP contribution in [-0.2, 0) is 10.0 Å². The van der Waals surface area contributed by atoms with Gasteiger partial charge in [0.15, 0.2) is 5.03 Å². The van der Waals surface area contributed by atoms with E-state index in [1.807, 2.05) is 19.0 Å². The Morgan fingerprint density at radius 2 is 2.19 bits per heavy atom. The number of nitrogens with one attached hydrogen (secondary N) is 2. The van der Waals surface area contributed by atoms with E-state index >= 15 is 0 Å². The molecule has 0 atom stereocenters. The van der Waals surface area contributed by atoms with E-state index in [4.69, 9.17) is 0 Å². The van der Waals surface area contributed by atoms with Crippen LogP contribution in [0.3, 0.4) is 0 Å². The first-order chi connectivity index (χ1) is 7.42. The molecule has 0 unspecified atom stereocenters. The fourth-order valence-electron chi connectivity index (χ4n) is 1.21. The predicted octanol–water partition coefficient (Wildman–Crippen LogP) is -0.0519. The predicted molar refractivity (Wildman–Crippen MR) is 61.7 cm³/mol. The van der Waals surface area contributed by atoms with Crippen molar-refractivity contribution >= 4 is 10.0 Å². The Morgan fingerprint density at radius 1 is 1.50 bits per heavy atom. The van der Waals surface area contributed by atoms with Gasteiger partial charge in [0, 0.05) is 6.54 Å². The van der Waals surface area contributed by atoms with Crippen molar-refractivity contribution < 1.29 is 8.42 Å². The van der Waals surface area contributed by atoms with Gasteiger partial charge in [-0.3, -0.25) is 0 Å². The Hall–Kier alpha value is -0.920. The van der Waals surface area contributed by atoms with Crippen LogP contribution in [0.5, 0.6) is 0 Å². The molecule has 0 aromatic carbocycles. The number of rotatable bonds is 6. The highest BCUT2D eigenvalue weighted by molar-refractivity contribution is 7.89. The highest BCUT2D eigenvalue weighted by Crippen LogP contribution is 2.04. The van der Waals surface area contributed by atoms with E-state index in [-0.39, 0.29) is 5.03 Å². The highest BCUT2D eigenvalue weighted by atomic mass is 32.2. The first-order valence-corrected chi connectivity index (χ1v) is 6.56. The lowest BCUT2D eigenvalue weighted by atomic mass is 10.4. The van der Waals surface area contributed by atoms with Crippen molar-refractivity contribution in [3.63, 3.8) is 0 Å². The number of imidazole rings is 1. The molecular formula is C9H18N4O2S. The molecule has 1 rings (SSSR count). The standard InChI is InChI=1S/C9H18N4O2S/c1-8-10-7-9(12-8)16(14,15)11-5-4-6-13(2)3/h7,11H,4-6H2,1-3H3,(H,10,12). The van der Waals surface area contributed by atoms with Crippen LogP contribution in [0, 0.1) is 6.92 Å². The monoisotopic (exact) mass is 246 g/mol. The summed E-state index contributed by atoms with van der Waals surface area (Å²) in [5, 5.41) is 0.120. The van der Waals surface area contributed by atoms with Crippen LogP contribution in [0.4, 0.5) is 0 Å².